The highest BCUT2D eigenvalue weighted by atomic mass is 35.5. The van der Waals surface area contributed by atoms with E-state index in [1.165, 1.54) is 23.1 Å². The van der Waals surface area contributed by atoms with Gasteiger partial charge in [-0.25, -0.2) is 0 Å². The van der Waals surface area contributed by atoms with Gasteiger partial charge in [0.1, 0.15) is 0 Å². The highest BCUT2D eigenvalue weighted by Gasteiger charge is 2.16. The van der Waals surface area contributed by atoms with E-state index in [0.717, 1.165) is 10.5 Å². The van der Waals surface area contributed by atoms with Crippen LogP contribution in [-0.4, -0.2) is 22.8 Å². The zero-order valence-corrected chi connectivity index (χ0v) is 13.8. The molecule has 1 aromatic carbocycles. The molecule has 112 valence electrons. The van der Waals surface area contributed by atoms with Crippen LogP contribution < -0.4 is 5.32 Å². The van der Waals surface area contributed by atoms with Crippen LogP contribution >= 0.6 is 34.7 Å². The molecule has 6 heteroatoms. The van der Waals surface area contributed by atoms with Crippen molar-refractivity contribution >= 4 is 40.6 Å². The molecule has 1 amide bonds. The first-order valence-corrected chi connectivity index (χ1v) is 8.66. The Morgan fingerprint density at radius 3 is 2.71 bits per heavy atom. The summed E-state index contributed by atoms with van der Waals surface area (Å²) in [6.07, 6.45) is -0.659. The third-order valence-electron chi connectivity index (χ3n) is 2.89. The maximum atomic E-state index is 12.0. The molecule has 2 rings (SSSR count). The predicted octanol–water partition coefficient (Wildman–Crippen LogP) is 3.73. The first kappa shape index (κ1) is 16.4. The highest BCUT2D eigenvalue weighted by Crippen LogP contribution is 2.25. The Kier molecular flexibility index (Phi) is 6.11. The number of aliphatic hydroxyl groups is 1. The van der Waals surface area contributed by atoms with E-state index in [2.05, 4.69) is 5.32 Å². The van der Waals surface area contributed by atoms with Crippen molar-refractivity contribution in [2.24, 2.45) is 0 Å². The molecule has 0 aliphatic carbocycles. The first-order chi connectivity index (χ1) is 10.1. The molecule has 0 aliphatic rings. The SMILES string of the molecule is CC(Sc1ccc(Cl)cc1)C(=O)NCC(O)c1ccsc1. The fourth-order valence-corrected chi connectivity index (χ4v) is 3.42. The molecule has 0 bridgehead atoms. The second kappa shape index (κ2) is 7.84. The standard InChI is InChI=1S/C15H16ClNO2S2/c1-10(21-13-4-2-12(16)3-5-13)15(19)17-8-14(18)11-6-7-20-9-11/h2-7,9-10,14,18H,8H2,1H3,(H,17,19). The van der Waals surface area contributed by atoms with Gasteiger partial charge in [0.2, 0.25) is 5.91 Å². The summed E-state index contributed by atoms with van der Waals surface area (Å²) in [6.45, 7) is 2.06. The average molecular weight is 342 g/mol. The lowest BCUT2D eigenvalue weighted by Gasteiger charge is -2.14. The molecule has 0 spiro atoms. The van der Waals surface area contributed by atoms with Crippen LogP contribution in [0.25, 0.3) is 0 Å². The van der Waals surface area contributed by atoms with Crippen LogP contribution in [0, 0.1) is 0 Å². The number of thiophene rings is 1. The third-order valence-corrected chi connectivity index (χ3v) is 4.96. The summed E-state index contributed by atoms with van der Waals surface area (Å²) in [7, 11) is 0. The molecule has 0 fully saturated rings. The van der Waals surface area contributed by atoms with Gasteiger partial charge in [-0.05, 0) is 53.6 Å². The lowest BCUT2D eigenvalue weighted by Crippen LogP contribution is -2.34. The number of amides is 1. The lowest BCUT2D eigenvalue weighted by atomic mass is 10.2. The van der Waals surface area contributed by atoms with Gasteiger partial charge in [0.15, 0.2) is 0 Å². The zero-order valence-electron chi connectivity index (χ0n) is 11.5. The van der Waals surface area contributed by atoms with Crippen LogP contribution in [-0.2, 0) is 4.79 Å². The molecule has 0 saturated heterocycles. The van der Waals surface area contributed by atoms with Gasteiger partial charge < -0.3 is 10.4 Å². The molecule has 2 aromatic rings. The van der Waals surface area contributed by atoms with Gasteiger partial charge in [0, 0.05) is 16.5 Å². The summed E-state index contributed by atoms with van der Waals surface area (Å²) in [4.78, 5) is 13.0. The Morgan fingerprint density at radius 2 is 2.10 bits per heavy atom. The Balaban J connectivity index is 1.81. The van der Waals surface area contributed by atoms with E-state index in [9.17, 15) is 9.90 Å². The second-order valence-corrected chi connectivity index (χ2v) is 7.16. The molecule has 2 unspecified atom stereocenters. The van der Waals surface area contributed by atoms with Gasteiger partial charge in [-0.3, -0.25) is 4.79 Å². The van der Waals surface area contributed by atoms with E-state index in [-0.39, 0.29) is 17.7 Å². The summed E-state index contributed by atoms with van der Waals surface area (Å²) < 4.78 is 0. The number of hydrogen-bond acceptors (Lipinski definition) is 4. The van der Waals surface area contributed by atoms with Gasteiger partial charge in [0.05, 0.1) is 11.4 Å². The second-order valence-electron chi connectivity index (χ2n) is 4.53. The number of halogens is 1. The van der Waals surface area contributed by atoms with Crippen LogP contribution in [0.15, 0.2) is 46.0 Å². The Labute approximate surface area is 137 Å². The Bertz CT molecular complexity index is 572. The average Bonchev–Trinajstić information content (AvgIpc) is 3.01. The van der Waals surface area contributed by atoms with Crippen molar-refractivity contribution in [1.29, 1.82) is 0 Å². The largest absolute Gasteiger partial charge is 0.387 e. The monoisotopic (exact) mass is 341 g/mol. The zero-order chi connectivity index (χ0) is 15.2. The van der Waals surface area contributed by atoms with Crippen molar-refractivity contribution in [3.63, 3.8) is 0 Å². The summed E-state index contributed by atoms with van der Waals surface area (Å²) in [5.74, 6) is -0.0933. The summed E-state index contributed by atoms with van der Waals surface area (Å²) in [5.41, 5.74) is 0.832. The maximum Gasteiger partial charge on any atom is 0.233 e. The number of benzene rings is 1. The van der Waals surface area contributed by atoms with Gasteiger partial charge in [-0.15, -0.1) is 11.8 Å². The molecule has 2 atom stereocenters. The van der Waals surface area contributed by atoms with E-state index < -0.39 is 6.10 Å². The van der Waals surface area contributed by atoms with Crippen LogP contribution in [0.4, 0.5) is 0 Å². The van der Waals surface area contributed by atoms with Gasteiger partial charge in [-0.1, -0.05) is 11.6 Å². The van der Waals surface area contributed by atoms with E-state index in [1.54, 1.807) is 12.1 Å². The molecular formula is C15H16ClNO2S2. The fourth-order valence-electron chi connectivity index (χ4n) is 1.69. The normalized spacial score (nSPS) is 13.7. The van der Waals surface area contributed by atoms with Crippen LogP contribution in [0.5, 0.6) is 0 Å². The number of carbonyl (C=O) groups is 1. The van der Waals surface area contributed by atoms with E-state index in [1.807, 2.05) is 35.9 Å². The summed E-state index contributed by atoms with van der Waals surface area (Å²) in [5, 5.41) is 16.9. The number of rotatable bonds is 6. The molecule has 0 saturated carbocycles. The number of nitrogens with one attached hydrogen (secondary N) is 1. The van der Waals surface area contributed by atoms with Gasteiger partial charge in [0.25, 0.3) is 0 Å². The molecule has 3 nitrogen and oxygen atoms in total. The van der Waals surface area contributed by atoms with Crippen LogP contribution in [0.3, 0.4) is 0 Å². The molecule has 2 N–H and O–H groups in total. The van der Waals surface area contributed by atoms with E-state index in [0.29, 0.717) is 5.02 Å². The van der Waals surface area contributed by atoms with Crippen molar-refractivity contribution < 1.29 is 9.90 Å². The lowest BCUT2D eigenvalue weighted by molar-refractivity contribution is -0.120. The number of carbonyl (C=O) groups excluding carboxylic acids is 1. The predicted molar refractivity (Wildman–Crippen MR) is 89.1 cm³/mol. The minimum atomic E-state index is -0.659. The van der Waals surface area contributed by atoms with Crippen molar-refractivity contribution in [1.82, 2.24) is 5.32 Å². The van der Waals surface area contributed by atoms with Gasteiger partial charge >= 0.3 is 0 Å². The van der Waals surface area contributed by atoms with Crippen LogP contribution in [0.2, 0.25) is 5.02 Å². The topological polar surface area (TPSA) is 49.3 Å². The molecule has 21 heavy (non-hydrogen) atoms. The molecular weight excluding hydrogens is 326 g/mol. The fraction of sp³-hybridized carbons (Fsp3) is 0.267. The molecule has 0 aliphatic heterocycles. The van der Waals surface area contributed by atoms with E-state index >= 15 is 0 Å². The van der Waals surface area contributed by atoms with Crippen molar-refractivity contribution in [2.75, 3.05) is 6.54 Å². The highest BCUT2D eigenvalue weighted by molar-refractivity contribution is 8.00. The summed E-state index contributed by atoms with van der Waals surface area (Å²) >= 11 is 8.81. The minimum Gasteiger partial charge on any atom is -0.387 e. The first-order valence-electron chi connectivity index (χ1n) is 6.46. The molecule has 1 aromatic heterocycles. The number of thioether (sulfide) groups is 1. The number of hydrogen-bond donors (Lipinski definition) is 2. The molecule has 0 radical (unpaired) electrons. The van der Waals surface area contributed by atoms with Crippen molar-refractivity contribution in [3.05, 3.63) is 51.7 Å². The summed E-state index contributed by atoms with van der Waals surface area (Å²) in [6, 6.07) is 9.23. The van der Waals surface area contributed by atoms with Crippen molar-refractivity contribution in [2.45, 2.75) is 23.2 Å². The van der Waals surface area contributed by atoms with Crippen molar-refractivity contribution in [3.8, 4) is 0 Å². The van der Waals surface area contributed by atoms with Crippen LogP contribution in [0.1, 0.15) is 18.6 Å². The maximum absolute atomic E-state index is 12.0. The Morgan fingerprint density at radius 1 is 1.38 bits per heavy atom. The Hall–Kier alpha value is -1.01. The van der Waals surface area contributed by atoms with E-state index in [4.69, 9.17) is 11.6 Å². The quantitative estimate of drug-likeness (QED) is 0.787. The molecule has 1 heterocycles. The van der Waals surface area contributed by atoms with Gasteiger partial charge in [-0.2, -0.15) is 11.3 Å². The smallest absolute Gasteiger partial charge is 0.233 e. The minimum absolute atomic E-state index is 0.0933. The number of aliphatic hydroxyl groups excluding tert-OH is 1. The third kappa shape index (κ3) is 5.04.